The molecule has 0 aliphatic carbocycles. The Morgan fingerprint density at radius 1 is 1.50 bits per heavy atom. The summed E-state index contributed by atoms with van der Waals surface area (Å²) >= 11 is 1.58. The van der Waals surface area contributed by atoms with Crippen LogP contribution in [-0.2, 0) is 13.0 Å². The Hall–Kier alpha value is -2.10. The third kappa shape index (κ3) is 4.72. The highest BCUT2D eigenvalue weighted by atomic mass is 32.1. The number of aromatic nitrogens is 1. The zero-order valence-electron chi connectivity index (χ0n) is 12.8. The minimum Gasteiger partial charge on any atom is -0.443 e. The molecule has 2 aromatic rings. The highest BCUT2D eigenvalue weighted by molar-refractivity contribution is 7.09. The molecule has 22 heavy (non-hydrogen) atoms. The number of rotatable bonds is 4. The number of hydrogen-bond donors (Lipinski definition) is 2. The van der Waals surface area contributed by atoms with E-state index in [9.17, 15) is 9.90 Å². The van der Waals surface area contributed by atoms with E-state index in [0.717, 1.165) is 17.1 Å². The molecule has 0 atom stereocenters. The van der Waals surface area contributed by atoms with Crippen LogP contribution in [0.2, 0.25) is 0 Å². The Bertz CT molecular complexity index is 714. The van der Waals surface area contributed by atoms with E-state index in [1.165, 1.54) is 0 Å². The Morgan fingerprint density at radius 3 is 2.91 bits per heavy atom. The summed E-state index contributed by atoms with van der Waals surface area (Å²) in [5.74, 6) is 5.53. The van der Waals surface area contributed by atoms with Gasteiger partial charge in [0.1, 0.15) is 5.60 Å². The molecular weight excluding hydrogens is 300 g/mol. The number of aryl methyl sites for hydroxylation is 1. The maximum atomic E-state index is 12.0. The van der Waals surface area contributed by atoms with Gasteiger partial charge in [0.15, 0.2) is 11.5 Å². The molecule has 6 heteroatoms. The van der Waals surface area contributed by atoms with E-state index in [4.69, 9.17) is 4.42 Å². The molecule has 2 aromatic heterocycles. The molecule has 0 saturated carbocycles. The first kappa shape index (κ1) is 16.3. The summed E-state index contributed by atoms with van der Waals surface area (Å²) in [6.45, 7) is 5.56. The van der Waals surface area contributed by atoms with E-state index in [1.807, 2.05) is 12.3 Å². The Kier molecular flexibility index (Phi) is 5.01. The van der Waals surface area contributed by atoms with Gasteiger partial charge in [0.25, 0.3) is 5.91 Å². The number of nitrogens with one attached hydrogen (secondary N) is 1. The van der Waals surface area contributed by atoms with Gasteiger partial charge >= 0.3 is 0 Å². The molecule has 0 fully saturated rings. The van der Waals surface area contributed by atoms with Crippen molar-refractivity contribution in [3.8, 4) is 11.8 Å². The summed E-state index contributed by atoms with van der Waals surface area (Å²) in [7, 11) is 0. The van der Waals surface area contributed by atoms with Crippen molar-refractivity contribution in [3.63, 3.8) is 0 Å². The SMILES string of the molecule is CCc1nc(CNC(=O)c2ccc(C#CC(C)(C)O)o2)cs1. The summed E-state index contributed by atoms with van der Waals surface area (Å²) < 4.78 is 5.34. The largest absolute Gasteiger partial charge is 0.443 e. The lowest BCUT2D eigenvalue weighted by atomic mass is 10.1. The van der Waals surface area contributed by atoms with Gasteiger partial charge in [0.2, 0.25) is 0 Å². The van der Waals surface area contributed by atoms with Crippen molar-refractivity contribution in [3.05, 3.63) is 39.7 Å². The minimum atomic E-state index is -1.10. The van der Waals surface area contributed by atoms with Gasteiger partial charge in [-0.2, -0.15) is 0 Å². The van der Waals surface area contributed by atoms with Crippen molar-refractivity contribution in [1.29, 1.82) is 0 Å². The first-order chi connectivity index (χ1) is 10.4. The zero-order valence-corrected chi connectivity index (χ0v) is 13.6. The van der Waals surface area contributed by atoms with Gasteiger partial charge < -0.3 is 14.8 Å². The van der Waals surface area contributed by atoms with Crippen molar-refractivity contribution >= 4 is 17.2 Å². The van der Waals surface area contributed by atoms with Crippen LogP contribution in [0.4, 0.5) is 0 Å². The lowest BCUT2D eigenvalue weighted by molar-refractivity contribution is 0.0922. The lowest BCUT2D eigenvalue weighted by Crippen LogP contribution is -2.22. The van der Waals surface area contributed by atoms with Crippen LogP contribution in [0, 0.1) is 11.8 Å². The average Bonchev–Trinajstić information content (AvgIpc) is 3.11. The molecule has 116 valence electrons. The van der Waals surface area contributed by atoms with E-state index in [0.29, 0.717) is 12.3 Å². The zero-order chi connectivity index (χ0) is 16.2. The number of hydrogen-bond acceptors (Lipinski definition) is 5. The predicted octanol–water partition coefficient (Wildman–Crippen LogP) is 2.35. The molecule has 2 N–H and O–H groups in total. The van der Waals surface area contributed by atoms with Gasteiger partial charge in [-0.3, -0.25) is 4.79 Å². The second kappa shape index (κ2) is 6.77. The molecule has 1 amide bonds. The number of aliphatic hydroxyl groups is 1. The lowest BCUT2D eigenvalue weighted by Gasteiger charge is -2.05. The van der Waals surface area contributed by atoms with E-state index in [1.54, 1.807) is 37.3 Å². The normalized spacial score (nSPS) is 10.9. The number of nitrogens with zero attached hydrogens (tertiary/aromatic N) is 1. The van der Waals surface area contributed by atoms with Crippen LogP contribution in [0.1, 0.15) is 47.8 Å². The van der Waals surface area contributed by atoms with Crippen LogP contribution < -0.4 is 5.32 Å². The molecular formula is C16H18N2O3S. The maximum absolute atomic E-state index is 12.0. The van der Waals surface area contributed by atoms with Gasteiger partial charge in [-0.25, -0.2) is 4.98 Å². The highest BCUT2D eigenvalue weighted by Gasteiger charge is 2.12. The van der Waals surface area contributed by atoms with Crippen molar-refractivity contribution < 1.29 is 14.3 Å². The number of amides is 1. The summed E-state index contributed by atoms with van der Waals surface area (Å²) in [5.41, 5.74) is -0.264. The van der Waals surface area contributed by atoms with Crippen LogP contribution in [0.15, 0.2) is 21.9 Å². The van der Waals surface area contributed by atoms with Gasteiger partial charge in [-0.15, -0.1) is 11.3 Å². The number of furan rings is 1. The molecule has 0 aliphatic heterocycles. The number of thiazole rings is 1. The van der Waals surface area contributed by atoms with Crippen LogP contribution in [0.25, 0.3) is 0 Å². The molecule has 5 nitrogen and oxygen atoms in total. The van der Waals surface area contributed by atoms with Crippen molar-refractivity contribution in [2.75, 3.05) is 0 Å². The first-order valence-electron chi connectivity index (χ1n) is 6.94. The van der Waals surface area contributed by atoms with Gasteiger partial charge in [-0.05, 0) is 38.3 Å². The first-order valence-corrected chi connectivity index (χ1v) is 7.82. The van der Waals surface area contributed by atoms with Gasteiger partial charge in [0, 0.05) is 5.38 Å². The van der Waals surface area contributed by atoms with Gasteiger partial charge in [-0.1, -0.05) is 12.8 Å². The van der Waals surface area contributed by atoms with Crippen LogP contribution in [-0.4, -0.2) is 21.6 Å². The van der Waals surface area contributed by atoms with Crippen molar-refractivity contribution in [2.45, 2.75) is 39.3 Å². The van der Waals surface area contributed by atoms with Crippen molar-refractivity contribution in [1.82, 2.24) is 10.3 Å². The second-order valence-corrected chi connectivity index (χ2v) is 6.18. The van der Waals surface area contributed by atoms with Crippen LogP contribution in [0.3, 0.4) is 0 Å². The quantitative estimate of drug-likeness (QED) is 0.849. The smallest absolute Gasteiger partial charge is 0.287 e. The third-order valence-corrected chi connectivity index (χ3v) is 3.70. The average molecular weight is 318 g/mol. The number of carbonyl (C=O) groups is 1. The van der Waals surface area contributed by atoms with Crippen LogP contribution >= 0.6 is 11.3 Å². The number of carbonyl (C=O) groups excluding carboxylic acids is 1. The molecule has 0 unspecified atom stereocenters. The molecule has 2 heterocycles. The minimum absolute atomic E-state index is 0.186. The van der Waals surface area contributed by atoms with Crippen LogP contribution in [0.5, 0.6) is 0 Å². The molecule has 0 radical (unpaired) electrons. The third-order valence-electron chi connectivity index (χ3n) is 2.65. The van der Waals surface area contributed by atoms with E-state index in [2.05, 4.69) is 22.1 Å². The molecule has 0 aliphatic rings. The van der Waals surface area contributed by atoms with E-state index in [-0.39, 0.29) is 11.7 Å². The fourth-order valence-corrected chi connectivity index (χ4v) is 2.34. The second-order valence-electron chi connectivity index (χ2n) is 5.24. The molecule has 0 spiro atoms. The molecule has 0 aromatic carbocycles. The Labute approximate surface area is 133 Å². The fraction of sp³-hybridized carbons (Fsp3) is 0.375. The predicted molar refractivity (Wildman–Crippen MR) is 84.5 cm³/mol. The van der Waals surface area contributed by atoms with Gasteiger partial charge in [0.05, 0.1) is 17.2 Å². The summed E-state index contributed by atoms with van der Waals surface area (Å²) in [5, 5.41) is 15.3. The fourth-order valence-electron chi connectivity index (χ4n) is 1.59. The molecule has 2 rings (SSSR count). The Morgan fingerprint density at radius 2 is 2.27 bits per heavy atom. The van der Waals surface area contributed by atoms with Crippen molar-refractivity contribution in [2.24, 2.45) is 0 Å². The van der Waals surface area contributed by atoms with E-state index >= 15 is 0 Å². The monoisotopic (exact) mass is 318 g/mol. The molecule has 0 bridgehead atoms. The summed E-state index contributed by atoms with van der Waals surface area (Å²) in [4.78, 5) is 16.4. The standard InChI is InChI=1S/C16H18N2O3S/c1-4-14-18-11(10-22-14)9-17-15(19)13-6-5-12(21-13)7-8-16(2,3)20/h5-6,10,20H,4,9H2,1-3H3,(H,17,19). The topological polar surface area (TPSA) is 75.4 Å². The highest BCUT2D eigenvalue weighted by Crippen LogP contribution is 2.11. The Balaban J connectivity index is 1.95. The molecule has 0 saturated heterocycles. The van der Waals surface area contributed by atoms with E-state index < -0.39 is 5.60 Å². The summed E-state index contributed by atoms with van der Waals surface area (Å²) in [6.07, 6.45) is 0.889. The maximum Gasteiger partial charge on any atom is 0.287 e. The summed E-state index contributed by atoms with van der Waals surface area (Å²) in [6, 6.07) is 3.16.